The number of carbonyl (C=O) groups is 2. The Labute approximate surface area is 154 Å². The number of nitrogens with one attached hydrogen (secondary N) is 2. The molecule has 2 N–H and O–H groups in total. The van der Waals surface area contributed by atoms with Gasteiger partial charge in [0.1, 0.15) is 0 Å². The van der Waals surface area contributed by atoms with Crippen LogP contribution in [0.25, 0.3) is 10.2 Å². The van der Waals surface area contributed by atoms with Crippen molar-refractivity contribution >= 4 is 50.1 Å². The van der Waals surface area contributed by atoms with E-state index in [2.05, 4.69) is 15.6 Å². The van der Waals surface area contributed by atoms with Gasteiger partial charge in [-0.05, 0) is 48.9 Å². The Morgan fingerprint density at radius 3 is 2.68 bits per heavy atom. The highest BCUT2D eigenvalue weighted by Gasteiger charge is 2.09. The normalized spacial score (nSPS) is 10.6. The molecule has 0 aliphatic carbocycles. The van der Waals surface area contributed by atoms with E-state index in [0.29, 0.717) is 15.7 Å². The van der Waals surface area contributed by atoms with Gasteiger partial charge in [-0.3, -0.25) is 9.59 Å². The third-order valence-corrected chi connectivity index (χ3v) is 4.72. The van der Waals surface area contributed by atoms with Crippen LogP contribution in [0, 0.1) is 6.92 Å². The zero-order chi connectivity index (χ0) is 17.8. The SMILES string of the molecule is Cc1ccc2nc(NC(=O)CCNC(=O)c3ccc(Cl)cc3)sc2c1. The molecule has 5 nitrogen and oxygen atoms in total. The van der Waals surface area contributed by atoms with Crippen molar-refractivity contribution in [1.29, 1.82) is 0 Å². The lowest BCUT2D eigenvalue weighted by Gasteiger charge is -2.05. The standard InChI is InChI=1S/C18H16ClN3O2S/c1-11-2-7-14-15(10-11)25-18(21-14)22-16(23)8-9-20-17(24)12-3-5-13(19)6-4-12/h2-7,10H,8-9H2,1H3,(H,20,24)(H,21,22,23). The van der Waals surface area contributed by atoms with Crippen LogP contribution in [0.4, 0.5) is 5.13 Å². The predicted octanol–water partition coefficient (Wildman–Crippen LogP) is 4.02. The fourth-order valence-corrected chi connectivity index (χ4v) is 3.37. The molecule has 25 heavy (non-hydrogen) atoms. The smallest absolute Gasteiger partial charge is 0.251 e. The molecule has 0 saturated heterocycles. The zero-order valence-electron chi connectivity index (χ0n) is 13.5. The number of hydrogen-bond donors (Lipinski definition) is 2. The third-order valence-electron chi connectivity index (χ3n) is 3.53. The number of thiazole rings is 1. The number of amides is 2. The van der Waals surface area contributed by atoms with Crippen LogP contribution in [0.5, 0.6) is 0 Å². The van der Waals surface area contributed by atoms with Crippen molar-refractivity contribution in [3.8, 4) is 0 Å². The van der Waals surface area contributed by atoms with Gasteiger partial charge in [0.15, 0.2) is 5.13 Å². The fourth-order valence-electron chi connectivity index (χ4n) is 2.26. The van der Waals surface area contributed by atoms with E-state index in [1.165, 1.54) is 11.3 Å². The Balaban J connectivity index is 1.50. The number of halogens is 1. The largest absolute Gasteiger partial charge is 0.352 e. The number of aryl methyl sites for hydroxylation is 1. The lowest BCUT2D eigenvalue weighted by molar-refractivity contribution is -0.116. The molecule has 0 unspecified atom stereocenters. The van der Waals surface area contributed by atoms with Crippen molar-refractivity contribution in [1.82, 2.24) is 10.3 Å². The summed E-state index contributed by atoms with van der Waals surface area (Å²) in [6.45, 7) is 2.26. The lowest BCUT2D eigenvalue weighted by atomic mass is 10.2. The van der Waals surface area contributed by atoms with E-state index in [-0.39, 0.29) is 24.8 Å². The Kier molecular flexibility index (Phi) is 5.31. The molecule has 3 rings (SSSR count). The highest BCUT2D eigenvalue weighted by Crippen LogP contribution is 2.26. The minimum absolute atomic E-state index is 0.175. The Morgan fingerprint density at radius 2 is 1.92 bits per heavy atom. The lowest BCUT2D eigenvalue weighted by Crippen LogP contribution is -2.27. The quantitative estimate of drug-likeness (QED) is 0.709. The zero-order valence-corrected chi connectivity index (χ0v) is 15.1. The van der Waals surface area contributed by atoms with Crippen LogP contribution >= 0.6 is 22.9 Å². The molecule has 0 radical (unpaired) electrons. The van der Waals surface area contributed by atoms with Crippen LogP contribution in [0.3, 0.4) is 0 Å². The number of nitrogens with zero attached hydrogens (tertiary/aromatic N) is 1. The minimum atomic E-state index is -0.236. The molecule has 1 aromatic heterocycles. The molecule has 0 bridgehead atoms. The fraction of sp³-hybridized carbons (Fsp3) is 0.167. The van der Waals surface area contributed by atoms with Gasteiger partial charge >= 0.3 is 0 Å². The molecule has 2 aromatic carbocycles. The van der Waals surface area contributed by atoms with E-state index in [0.717, 1.165) is 15.8 Å². The topological polar surface area (TPSA) is 71.1 Å². The van der Waals surface area contributed by atoms with Crippen molar-refractivity contribution in [2.75, 3.05) is 11.9 Å². The Morgan fingerprint density at radius 1 is 1.16 bits per heavy atom. The van der Waals surface area contributed by atoms with Gasteiger partial charge in [-0.15, -0.1) is 0 Å². The van der Waals surface area contributed by atoms with Gasteiger partial charge in [-0.2, -0.15) is 0 Å². The van der Waals surface area contributed by atoms with E-state index in [1.807, 2.05) is 25.1 Å². The molecule has 0 fully saturated rings. The summed E-state index contributed by atoms with van der Waals surface area (Å²) in [5.41, 5.74) is 2.52. The number of aromatic nitrogens is 1. The van der Waals surface area contributed by atoms with E-state index in [4.69, 9.17) is 11.6 Å². The molecule has 0 aliphatic heterocycles. The molecule has 1 heterocycles. The van der Waals surface area contributed by atoms with Crippen LogP contribution in [0.1, 0.15) is 22.3 Å². The van der Waals surface area contributed by atoms with Gasteiger partial charge in [0.05, 0.1) is 10.2 Å². The number of hydrogen-bond acceptors (Lipinski definition) is 4. The summed E-state index contributed by atoms with van der Waals surface area (Å²) in [4.78, 5) is 28.3. The van der Waals surface area contributed by atoms with E-state index in [1.54, 1.807) is 24.3 Å². The van der Waals surface area contributed by atoms with E-state index >= 15 is 0 Å². The number of benzene rings is 2. The summed E-state index contributed by atoms with van der Waals surface area (Å²) in [7, 11) is 0. The van der Waals surface area contributed by atoms with Gasteiger partial charge in [0, 0.05) is 23.6 Å². The number of carbonyl (C=O) groups excluding carboxylic acids is 2. The molecule has 0 aliphatic rings. The average Bonchev–Trinajstić information content (AvgIpc) is 2.96. The first-order valence-electron chi connectivity index (χ1n) is 7.72. The van der Waals surface area contributed by atoms with Gasteiger partial charge in [0.25, 0.3) is 5.91 Å². The summed E-state index contributed by atoms with van der Waals surface area (Å²) in [6, 6.07) is 12.5. The second-order valence-corrected chi connectivity index (χ2v) is 7.02. The average molecular weight is 374 g/mol. The molecule has 2 amide bonds. The maximum atomic E-state index is 12.0. The summed E-state index contributed by atoms with van der Waals surface area (Å²) in [5, 5.41) is 6.62. The maximum Gasteiger partial charge on any atom is 0.251 e. The van der Waals surface area contributed by atoms with Crippen LogP contribution in [-0.4, -0.2) is 23.3 Å². The van der Waals surface area contributed by atoms with Crippen LogP contribution in [0.2, 0.25) is 5.02 Å². The van der Waals surface area contributed by atoms with Gasteiger partial charge in [0.2, 0.25) is 5.91 Å². The van der Waals surface area contributed by atoms with Crippen LogP contribution < -0.4 is 10.6 Å². The summed E-state index contributed by atoms with van der Waals surface area (Å²) >= 11 is 7.22. The molecule has 7 heteroatoms. The minimum Gasteiger partial charge on any atom is -0.352 e. The molecule has 0 spiro atoms. The molecular formula is C18H16ClN3O2S. The van der Waals surface area contributed by atoms with Crippen molar-refractivity contribution in [2.24, 2.45) is 0 Å². The molecule has 128 valence electrons. The summed E-state index contributed by atoms with van der Waals surface area (Å²) in [6.07, 6.45) is 0.175. The van der Waals surface area contributed by atoms with Crippen molar-refractivity contribution in [3.05, 3.63) is 58.6 Å². The van der Waals surface area contributed by atoms with Gasteiger partial charge in [-0.1, -0.05) is 29.0 Å². The monoisotopic (exact) mass is 373 g/mol. The highest BCUT2D eigenvalue weighted by molar-refractivity contribution is 7.22. The number of fused-ring (bicyclic) bond motifs is 1. The maximum absolute atomic E-state index is 12.0. The van der Waals surface area contributed by atoms with E-state index in [9.17, 15) is 9.59 Å². The van der Waals surface area contributed by atoms with Gasteiger partial charge < -0.3 is 10.6 Å². The van der Waals surface area contributed by atoms with Crippen molar-refractivity contribution < 1.29 is 9.59 Å². The Hall–Kier alpha value is -2.44. The van der Waals surface area contributed by atoms with E-state index < -0.39 is 0 Å². The second-order valence-electron chi connectivity index (χ2n) is 5.55. The first-order valence-corrected chi connectivity index (χ1v) is 8.91. The highest BCUT2D eigenvalue weighted by atomic mass is 35.5. The molecule has 0 atom stereocenters. The summed E-state index contributed by atoms with van der Waals surface area (Å²) in [5.74, 6) is -0.424. The van der Waals surface area contributed by atoms with Crippen molar-refractivity contribution in [3.63, 3.8) is 0 Å². The first-order chi connectivity index (χ1) is 12.0. The molecular weight excluding hydrogens is 358 g/mol. The predicted molar refractivity (Wildman–Crippen MR) is 101 cm³/mol. The molecule has 0 saturated carbocycles. The van der Waals surface area contributed by atoms with Gasteiger partial charge in [-0.25, -0.2) is 4.98 Å². The third kappa shape index (κ3) is 4.55. The number of rotatable bonds is 5. The first kappa shape index (κ1) is 17.4. The van der Waals surface area contributed by atoms with Crippen molar-refractivity contribution in [2.45, 2.75) is 13.3 Å². The number of anilines is 1. The molecule has 3 aromatic rings. The van der Waals surface area contributed by atoms with Crippen LogP contribution in [0.15, 0.2) is 42.5 Å². The summed E-state index contributed by atoms with van der Waals surface area (Å²) < 4.78 is 1.03. The van der Waals surface area contributed by atoms with Crippen LogP contribution in [-0.2, 0) is 4.79 Å². The second kappa shape index (κ2) is 7.63. The Bertz CT molecular complexity index is 922.